The molecule has 4 nitrogen and oxygen atoms in total. The van der Waals surface area contributed by atoms with Crippen molar-refractivity contribution in [2.24, 2.45) is 5.92 Å². The highest BCUT2D eigenvalue weighted by Gasteiger charge is 2.59. The SMILES string of the molecule is CC(F)(c1ccc2c(c1)CC1N(C(=O)C3(F)CCC(C(=O)O)CC3)CCC21Cc1ccc(Cl)cc1)C(F)(F)F. The Balaban J connectivity index is 1.51. The summed E-state index contributed by atoms with van der Waals surface area (Å²) in [6, 6.07) is 10.5. The van der Waals surface area contributed by atoms with E-state index in [9.17, 15) is 32.3 Å². The van der Waals surface area contributed by atoms with Crippen LogP contribution in [-0.4, -0.2) is 46.3 Å². The standard InChI is InChI=1S/C29H29ClF5NO3/c1-26(31,29(33,34)35)20-4-7-22-19(14-20)15-23-27(22,16-17-2-5-21(30)6-3-17)12-13-36(23)25(39)28(32)10-8-18(9-11-28)24(37)38/h2-7,14,18,23H,8-13,15-16H2,1H3,(H,37,38). The Bertz CT molecular complexity index is 1290. The van der Waals surface area contributed by atoms with Crippen molar-refractivity contribution in [3.8, 4) is 0 Å². The molecule has 1 saturated carbocycles. The van der Waals surface area contributed by atoms with E-state index >= 15 is 4.39 Å². The summed E-state index contributed by atoms with van der Waals surface area (Å²) >= 11 is 6.05. The van der Waals surface area contributed by atoms with E-state index in [0.29, 0.717) is 30.4 Å². The molecule has 0 bridgehead atoms. The number of hydrogen-bond acceptors (Lipinski definition) is 2. The maximum absolute atomic E-state index is 16.0. The molecule has 39 heavy (non-hydrogen) atoms. The van der Waals surface area contributed by atoms with Gasteiger partial charge >= 0.3 is 12.1 Å². The van der Waals surface area contributed by atoms with Crippen LogP contribution in [0.4, 0.5) is 22.0 Å². The smallest absolute Gasteiger partial charge is 0.426 e. The third-order valence-corrected chi connectivity index (χ3v) is 9.40. The molecule has 0 radical (unpaired) electrons. The number of likely N-dealkylation sites (tertiary alicyclic amines) is 1. The number of rotatable bonds is 5. The lowest BCUT2D eigenvalue weighted by molar-refractivity contribution is -0.228. The molecule has 210 valence electrons. The van der Waals surface area contributed by atoms with Gasteiger partial charge in [0.05, 0.1) is 5.92 Å². The van der Waals surface area contributed by atoms with Crippen molar-refractivity contribution in [1.82, 2.24) is 4.90 Å². The second kappa shape index (κ2) is 9.46. The first-order valence-electron chi connectivity index (χ1n) is 13.0. The highest BCUT2D eigenvalue weighted by atomic mass is 35.5. The van der Waals surface area contributed by atoms with Crippen LogP contribution in [0.15, 0.2) is 42.5 Å². The molecule has 3 aliphatic rings. The average molecular weight is 570 g/mol. The Morgan fingerprint density at radius 1 is 1.05 bits per heavy atom. The van der Waals surface area contributed by atoms with Gasteiger partial charge in [0, 0.05) is 23.0 Å². The molecule has 1 aliphatic heterocycles. The number of hydrogen-bond donors (Lipinski definition) is 1. The van der Waals surface area contributed by atoms with Crippen molar-refractivity contribution < 1.29 is 36.6 Å². The van der Waals surface area contributed by atoms with E-state index in [0.717, 1.165) is 17.2 Å². The van der Waals surface area contributed by atoms with E-state index in [1.165, 1.54) is 17.0 Å². The summed E-state index contributed by atoms with van der Waals surface area (Å²) in [5.41, 5.74) is -4.81. The van der Waals surface area contributed by atoms with Gasteiger partial charge in [-0.05, 0) is 86.3 Å². The Morgan fingerprint density at radius 3 is 2.28 bits per heavy atom. The number of alkyl halides is 5. The lowest BCUT2D eigenvalue weighted by Crippen LogP contribution is -2.52. The molecule has 3 unspecified atom stereocenters. The number of carboxylic acid groups (broad SMARTS) is 1. The molecule has 2 aromatic rings. The van der Waals surface area contributed by atoms with Crippen molar-refractivity contribution in [2.45, 2.75) is 80.8 Å². The molecule has 3 atom stereocenters. The lowest BCUT2D eigenvalue weighted by Gasteiger charge is -2.38. The maximum atomic E-state index is 16.0. The van der Waals surface area contributed by atoms with Gasteiger partial charge < -0.3 is 10.0 Å². The molecule has 2 fully saturated rings. The molecular formula is C29H29ClF5NO3. The molecule has 0 aromatic heterocycles. The molecule has 1 N–H and O–H groups in total. The minimum absolute atomic E-state index is 0.0576. The summed E-state index contributed by atoms with van der Waals surface area (Å²) in [6.45, 7) is 0.750. The molecule has 0 spiro atoms. The fraction of sp³-hybridized carbons (Fsp3) is 0.517. The number of amides is 1. The van der Waals surface area contributed by atoms with Gasteiger partial charge in [-0.2, -0.15) is 13.2 Å². The largest absolute Gasteiger partial charge is 0.481 e. The first kappa shape index (κ1) is 27.9. The zero-order valence-electron chi connectivity index (χ0n) is 21.3. The monoisotopic (exact) mass is 569 g/mol. The number of benzene rings is 2. The number of aliphatic carboxylic acids is 1. The van der Waals surface area contributed by atoms with Crippen molar-refractivity contribution in [3.05, 3.63) is 69.7 Å². The van der Waals surface area contributed by atoms with Crippen LogP contribution in [0.5, 0.6) is 0 Å². The Hall–Kier alpha value is -2.68. The van der Waals surface area contributed by atoms with Gasteiger partial charge in [-0.25, -0.2) is 8.78 Å². The van der Waals surface area contributed by atoms with Crippen LogP contribution in [-0.2, 0) is 33.5 Å². The Kier molecular flexibility index (Phi) is 6.76. The van der Waals surface area contributed by atoms with E-state index in [1.807, 2.05) is 12.1 Å². The molecule has 1 amide bonds. The Labute approximate surface area is 228 Å². The van der Waals surface area contributed by atoms with E-state index in [4.69, 9.17) is 11.6 Å². The van der Waals surface area contributed by atoms with Crippen LogP contribution in [0.2, 0.25) is 5.02 Å². The number of fused-ring (bicyclic) bond motifs is 3. The van der Waals surface area contributed by atoms with Crippen LogP contribution < -0.4 is 0 Å². The Morgan fingerprint density at radius 2 is 1.69 bits per heavy atom. The van der Waals surface area contributed by atoms with Gasteiger partial charge in [0.25, 0.3) is 5.91 Å². The summed E-state index contributed by atoms with van der Waals surface area (Å²) in [6.07, 6.45) is -4.31. The van der Waals surface area contributed by atoms with Crippen molar-refractivity contribution in [1.29, 1.82) is 0 Å². The maximum Gasteiger partial charge on any atom is 0.426 e. The zero-order valence-corrected chi connectivity index (χ0v) is 22.1. The van der Waals surface area contributed by atoms with E-state index in [2.05, 4.69) is 0 Å². The minimum atomic E-state index is -5.10. The van der Waals surface area contributed by atoms with E-state index in [1.54, 1.807) is 12.1 Å². The van der Waals surface area contributed by atoms with Crippen molar-refractivity contribution in [3.63, 3.8) is 0 Å². The first-order valence-corrected chi connectivity index (χ1v) is 13.4. The second-order valence-corrected chi connectivity index (χ2v) is 11.8. The first-order chi connectivity index (χ1) is 18.2. The summed E-state index contributed by atoms with van der Waals surface area (Å²) in [4.78, 5) is 26.5. The van der Waals surface area contributed by atoms with Crippen LogP contribution in [0.3, 0.4) is 0 Å². The summed E-state index contributed by atoms with van der Waals surface area (Å²) < 4.78 is 71.3. The fourth-order valence-corrected chi connectivity index (χ4v) is 6.90. The zero-order chi connectivity index (χ0) is 28.4. The minimum Gasteiger partial charge on any atom is -0.481 e. The predicted octanol–water partition coefficient (Wildman–Crippen LogP) is 6.71. The van der Waals surface area contributed by atoms with E-state index in [-0.39, 0.29) is 38.6 Å². The molecule has 1 heterocycles. The van der Waals surface area contributed by atoms with Crippen molar-refractivity contribution >= 4 is 23.5 Å². The van der Waals surface area contributed by atoms with Crippen LogP contribution in [0.1, 0.15) is 61.3 Å². The summed E-state index contributed by atoms with van der Waals surface area (Å²) in [5, 5.41) is 9.82. The number of carbonyl (C=O) groups excluding carboxylic acids is 1. The third kappa shape index (κ3) is 4.60. The molecule has 5 rings (SSSR count). The summed E-state index contributed by atoms with van der Waals surface area (Å²) in [7, 11) is 0. The normalized spacial score (nSPS) is 30.0. The number of carboxylic acids is 1. The van der Waals surface area contributed by atoms with Crippen LogP contribution in [0, 0.1) is 5.92 Å². The topological polar surface area (TPSA) is 57.6 Å². The molecule has 1 saturated heterocycles. The number of halogens is 6. The number of nitrogens with zero attached hydrogens (tertiary/aromatic N) is 1. The highest BCUT2D eigenvalue weighted by molar-refractivity contribution is 6.30. The fourth-order valence-electron chi connectivity index (χ4n) is 6.78. The van der Waals surface area contributed by atoms with Gasteiger partial charge in [0.2, 0.25) is 5.67 Å². The molecule has 10 heteroatoms. The van der Waals surface area contributed by atoms with Gasteiger partial charge in [-0.3, -0.25) is 9.59 Å². The second-order valence-electron chi connectivity index (χ2n) is 11.4. The van der Waals surface area contributed by atoms with Gasteiger partial charge in [0.1, 0.15) is 0 Å². The quantitative estimate of drug-likeness (QED) is 0.407. The summed E-state index contributed by atoms with van der Waals surface area (Å²) in [5.74, 6) is -2.40. The molecule has 2 aromatic carbocycles. The van der Waals surface area contributed by atoms with E-state index < -0.39 is 52.3 Å². The lowest BCUT2D eigenvalue weighted by atomic mass is 9.73. The molecular weight excluding hydrogens is 541 g/mol. The van der Waals surface area contributed by atoms with Gasteiger partial charge in [-0.15, -0.1) is 0 Å². The highest BCUT2D eigenvalue weighted by Crippen LogP contribution is 2.53. The van der Waals surface area contributed by atoms with Gasteiger partial charge in [-0.1, -0.05) is 41.9 Å². The van der Waals surface area contributed by atoms with Crippen LogP contribution >= 0.6 is 11.6 Å². The average Bonchev–Trinajstić information content (AvgIpc) is 3.37. The predicted molar refractivity (Wildman–Crippen MR) is 135 cm³/mol. The third-order valence-electron chi connectivity index (χ3n) is 9.15. The van der Waals surface area contributed by atoms with Gasteiger partial charge in [0.15, 0.2) is 5.67 Å². The van der Waals surface area contributed by atoms with Crippen LogP contribution in [0.25, 0.3) is 0 Å². The van der Waals surface area contributed by atoms with Crippen molar-refractivity contribution in [2.75, 3.05) is 6.54 Å². The molecule has 2 aliphatic carbocycles. The number of carbonyl (C=O) groups is 2.